The molecule has 0 saturated carbocycles. The van der Waals surface area contributed by atoms with E-state index in [4.69, 9.17) is 4.74 Å². The van der Waals surface area contributed by atoms with E-state index in [9.17, 15) is 9.50 Å². The molecule has 0 aliphatic carbocycles. The Bertz CT molecular complexity index is 356. The molecule has 1 heterocycles. The largest absolute Gasteiger partial charge is 0.493 e. The van der Waals surface area contributed by atoms with Crippen LogP contribution in [0.2, 0.25) is 0 Å². The van der Waals surface area contributed by atoms with E-state index < -0.39 is 11.9 Å². The molecule has 0 spiro atoms. The van der Waals surface area contributed by atoms with Gasteiger partial charge >= 0.3 is 0 Å². The standard InChI is InChI=1S/C11H14FNO2/c1-15-11-7(3-2-4-8(11)12)10-9(14)5-6-13-10/h2-4,9-10,13-14H,5-6H2,1H3. The number of hydrogen-bond donors (Lipinski definition) is 2. The monoisotopic (exact) mass is 211 g/mol. The van der Waals surface area contributed by atoms with E-state index in [1.54, 1.807) is 12.1 Å². The second-order valence-electron chi connectivity index (χ2n) is 3.65. The molecule has 2 rings (SSSR count). The van der Waals surface area contributed by atoms with Crippen LogP contribution in [-0.2, 0) is 0 Å². The quantitative estimate of drug-likeness (QED) is 0.773. The third-order valence-corrected chi connectivity index (χ3v) is 2.73. The number of benzene rings is 1. The molecule has 1 aromatic rings. The predicted octanol–water partition coefficient (Wildman–Crippen LogP) is 1.23. The van der Waals surface area contributed by atoms with Crippen LogP contribution in [0.5, 0.6) is 5.75 Å². The molecule has 3 nitrogen and oxygen atoms in total. The molecule has 2 N–H and O–H groups in total. The molecule has 2 atom stereocenters. The van der Waals surface area contributed by atoms with Crippen LogP contribution < -0.4 is 10.1 Å². The number of para-hydroxylation sites is 1. The summed E-state index contributed by atoms with van der Waals surface area (Å²) in [7, 11) is 1.43. The third-order valence-electron chi connectivity index (χ3n) is 2.73. The molecule has 1 fully saturated rings. The van der Waals surface area contributed by atoms with E-state index in [0.717, 1.165) is 6.54 Å². The van der Waals surface area contributed by atoms with Gasteiger partial charge in [-0.25, -0.2) is 4.39 Å². The Morgan fingerprint density at radius 2 is 2.33 bits per heavy atom. The van der Waals surface area contributed by atoms with Crippen LogP contribution in [0.15, 0.2) is 18.2 Å². The van der Waals surface area contributed by atoms with Crippen molar-refractivity contribution in [2.45, 2.75) is 18.6 Å². The highest BCUT2D eigenvalue weighted by molar-refractivity contribution is 5.38. The van der Waals surface area contributed by atoms with Crippen LogP contribution in [0.1, 0.15) is 18.0 Å². The van der Waals surface area contributed by atoms with Crippen molar-refractivity contribution in [3.63, 3.8) is 0 Å². The lowest BCUT2D eigenvalue weighted by Gasteiger charge is -2.18. The first-order valence-corrected chi connectivity index (χ1v) is 4.98. The fraction of sp³-hybridized carbons (Fsp3) is 0.455. The third kappa shape index (κ3) is 1.82. The summed E-state index contributed by atoms with van der Waals surface area (Å²) in [4.78, 5) is 0. The number of methoxy groups -OCH3 is 1. The molecule has 4 heteroatoms. The Morgan fingerprint density at radius 3 is 2.93 bits per heavy atom. The molecule has 82 valence electrons. The second kappa shape index (κ2) is 4.16. The van der Waals surface area contributed by atoms with E-state index in [0.29, 0.717) is 12.0 Å². The summed E-state index contributed by atoms with van der Waals surface area (Å²) in [6.45, 7) is 0.742. The molecule has 1 saturated heterocycles. The molecular formula is C11H14FNO2. The molecule has 1 aromatic carbocycles. The van der Waals surface area contributed by atoms with Crippen molar-refractivity contribution in [1.82, 2.24) is 5.32 Å². The van der Waals surface area contributed by atoms with Gasteiger partial charge in [0.25, 0.3) is 0 Å². The number of hydrogen-bond acceptors (Lipinski definition) is 3. The molecular weight excluding hydrogens is 197 g/mol. The first-order valence-electron chi connectivity index (χ1n) is 4.98. The fourth-order valence-electron chi connectivity index (χ4n) is 1.99. The van der Waals surface area contributed by atoms with Gasteiger partial charge in [0.05, 0.1) is 19.3 Å². The number of aliphatic hydroxyl groups excluding tert-OH is 1. The molecule has 0 radical (unpaired) electrons. The number of ether oxygens (including phenoxy) is 1. The zero-order valence-electron chi connectivity index (χ0n) is 8.53. The smallest absolute Gasteiger partial charge is 0.165 e. The highest BCUT2D eigenvalue weighted by Crippen LogP contribution is 2.32. The highest BCUT2D eigenvalue weighted by atomic mass is 19.1. The van der Waals surface area contributed by atoms with Crippen LogP contribution >= 0.6 is 0 Å². The van der Waals surface area contributed by atoms with Crippen LogP contribution in [0.25, 0.3) is 0 Å². The summed E-state index contributed by atoms with van der Waals surface area (Å²) in [6.07, 6.45) is 0.213. The lowest BCUT2D eigenvalue weighted by molar-refractivity contribution is 0.158. The van der Waals surface area contributed by atoms with E-state index in [1.807, 2.05) is 0 Å². The minimum atomic E-state index is -0.472. The van der Waals surface area contributed by atoms with Crippen molar-refractivity contribution in [2.75, 3.05) is 13.7 Å². The number of rotatable bonds is 2. The molecule has 1 aliphatic heterocycles. The van der Waals surface area contributed by atoms with Crippen molar-refractivity contribution < 1.29 is 14.2 Å². The minimum absolute atomic E-state index is 0.218. The van der Waals surface area contributed by atoms with E-state index in [2.05, 4.69) is 5.32 Å². The van der Waals surface area contributed by atoms with Gasteiger partial charge in [0.15, 0.2) is 11.6 Å². The average molecular weight is 211 g/mol. The van der Waals surface area contributed by atoms with Gasteiger partial charge in [-0.15, -0.1) is 0 Å². The van der Waals surface area contributed by atoms with Gasteiger partial charge < -0.3 is 15.2 Å². The number of halogens is 1. The Balaban J connectivity index is 2.38. The highest BCUT2D eigenvalue weighted by Gasteiger charge is 2.29. The topological polar surface area (TPSA) is 41.5 Å². The van der Waals surface area contributed by atoms with Crippen molar-refractivity contribution in [1.29, 1.82) is 0 Å². The normalized spacial score (nSPS) is 25.5. The van der Waals surface area contributed by atoms with Gasteiger partial charge in [-0.3, -0.25) is 0 Å². The SMILES string of the molecule is COc1c(F)cccc1C1NCCC1O. The molecule has 0 amide bonds. The maximum Gasteiger partial charge on any atom is 0.165 e. The van der Waals surface area contributed by atoms with Crippen LogP contribution in [0.3, 0.4) is 0 Å². The Hall–Kier alpha value is -1.13. The lowest BCUT2D eigenvalue weighted by Crippen LogP contribution is -2.21. The van der Waals surface area contributed by atoms with Crippen LogP contribution in [-0.4, -0.2) is 24.9 Å². The molecule has 0 bridgehead atoms. The van der Waals surface area contributed by atoms with Crippen molar-refractivity contribution in [3.8, 4) is 5.75 Å². The number of aliphatic hydroxyl groups is 1. The van der Waals surface area contributed by atoms with E-state index in [-0.39, 0.29) is 11.8 Å². The van der Waals surface area contributed by atoms with Gasteiger partial charge in [0.2, 0.25) is 0 Å². The van der Waals surface area contributed by atoms with Gasteiger partial charge in [0.1, 0.15) is 0 Å². The van der Waals surface area contributed by atoms with Gasteiger partial charge in [0, 0.05) is 5.56 Å². The lowest BCUT2D eigenvalue weighted by atomic mass is 10.0. The molecule has 0 aromatic heterocycles. The summed E-state index contributed by atoms with van der Waals surface area (Å²) in [6, 6.07) is 4.52. The average Bonchev–Trinajstić information content (AvgIpc) is 2.64. The first-order chi connectivity index (χ1) is 7.24. The Kier molecular flexibility index (Phi) is 2.88. The van der Waals surface area contributed by atoms with Gasteiger partial charge in [-0.05, 0) is 19.0 Å². The minimum Gasteiger partial charge on any atom is -0.493 e. The fourth-order valence-corrected chi connectivity index (χ4v) is 1.99. The van der Waals surface area contributed by atoms with Crippen LogP contribution in [0.4, 0.5) is 4.39 Å². The van der Waals surface area contributed by atoms with Crippen molar-refractivity contribution in [2.24, 2.45) is 0 Å². The van der Waals surface area contributed by atoms with E-state index in [1.165, 1.54) is 13.2 Å². The van der Waals surface area contributed by atoms with Gasteiger partial charge in [-0.1, -0.05) is 12.1 Å². The summed E-state index contributed by atoms with van der Waals surface area (Å²) in [5, 5.41) is 12.8. The van der Waals surface area contributed by atoms with Crippen LogP contribution in [0, 0.1) is 5.82 Å². The van der Waals surface area contributed by atoms with Crippen molar-refractivity contribution in [3.05, 3.63) is 29.6 Å². The Morgan fingerprint density at radius 1 is 1.53 bits per heavy atom. The summed E-state index contributed by atoms with van der Waals surface area (Å²) in [5.41, 5.74) is 0.683. The maximum atomic E-state index is 13.4. The molecule has 15 heavy (non-hydrogen) atoms. The predicted molar refractivity (Wildman–Crippen MR) is 54.3 cm³/mol. The molecule has 1 aliphatic rings. The maximum absolute atomic E-state index is 13.4. The first kappa shape index (κ1) is 10.4. The number of nitrogens with one attached hydrogen (secondary N) is 1. The summed E-state index contributed by atoms with van der Waals surface area (Å²) >= 11 is 0. The van der Waals surface area contributed by atoms with E-state index >= 15 is 0 Å². The summed E-state index contributed by atoms with van der Waals surface area (Å²) in [5.74, 6) is -0.174. The molecule has 2 unspecified atom stereocenters. The summed E-state index contributed by atoms with van der Waals surface area (Å²) < 4.78 is 18.4. The zero-order chi connectivity index (χ0) is 10.8. The zero-order valence-corrected chi connectivity index (χ0v) is 8.53. The second-order valence-corrected chi connectivity index (χ2v) is 3.65. The van der Waals surface area contributed by atoms with Gasteiger partial charge in [-0.2, -0.15) is 0 Å². The Labute approximate surface area is 87.9 Å². The van der Waals surface area contributed by atoms with Crippen molar-refractivity contribution >= 4 is 0 Å².